The van der Waals surface area contributed by atoms with E-state index in [1.165, 1.54) is 10.6 Å². The first kappa shape index (κ1) is 15.8. The molecule has 21 heavy (non-hydrogen) atoms. The molecule has 1 heterocycles. The van der Waals surface area contributed by atoms with Gasteiger partial charge in [0.15, 0.2) is 0 Å². The highest BCUT2D eigenvalue weighted by molar-refractivity contribution is 7.11. The molecule has 0 saturated carbocycles. The molecule has 0 saturated heterocycles. The third-order valence-electron chi connectivity index (χ3n) is 3.14. The van der Waals surface area contributed by atoms with E-state index in [2.05, 4.69) is 17.2 Å². The second kappa shape index (κ2) is 8.00. The molecule has 0 spiro atoms. The summed E-state index contributed by atoms with van der Waals surface area (Å²) in [5, 5.41) is 4.34. The van der Waals surface area contributed by atoms with Gasteiger partial charge < -0.3 is 14.8 Å². The number of thiazole rings is 1. The molecular formula is C16H22N2O2S. The number of aromatic nitrogens is 1. The number of aryl methyl sites for hydroxylation is 1. The Morgan fingerprint density at radius 2 is 1.90 bits per heavy atom. The van der Waals surface area contributed by atoms with Gasteiger partial charge in [0.25, 0.3) is 0 Å². The summed E-state index contributed by atoms with van der Waals surface area (Å²) in [5.41, 5.74) is 1.20. The molecule has 0 atom stereocenters. The van der Waals surface area contributed by atoms with Gasteiger partial charge in [-0.3, -0.25) is 0 Å². The monoisotopic (exact) mass is 306 g/mol. The van der Waals surface area contributed by atoms with E-state index in [1.54, 1.807) is 18.4 Å². The van der Waals surface area contributed by atoms with Crippen LogP contribution >= 0.6 is 11.3 Å². The van der Waals surface area contributed by atoms with Crippen molar-refractivity contribution in [3.05, 3.63) is 39.8 Å². The Morgan fingerprint density at radius 1 is 1.19 bits per heavy atom. The quantitative estimate of drug-likeness (QED) is 0.814. The van der Waals surface area contributed by atoms with E-state index in [-0.39, 0.29) is 0 Å². The van der Waals surface area contributed by atoms with Crippen molar-refractivity contribution in [2.45, 2.75) is 26.3 Å². The maximum absolute atomic E-state index is 5.75. The van der Waals surface area contributed by atoms with Crippen LogP contribution in [0, 0.1) is 0 Å². The van der Waals surface area contributed by atoms with Crippen molar-refractivity contribution in [2.24, 2.45) is 0 Å². The van der Waals surface area contributed by atoms with Gasteiger partial charge in [-0.2, -0.15) is 0 Å². The molecular weight excluding hydrogens is 284 g/mol. The predicted octanol–water partition coefficient (Wildman–Crippen LogP) is 3.06. The zero-order valence-corrected chi connectivity index (χ0v) is 13.6. The minimum atomic E-state index is 0.641. The molecule has 4 nitrogen and oxygen atoms in total. The summed E-state index contributed by atoms with van der Waals surface area (Å²) in [6, 6.07) is 7.65. The molecule has 2 rings (SSSR count). The molecule has 0 unspecified atom stereocenters. The summed E-state index contributed by atoms with van der Waals surface area (Å²) >= 11 is 1.78. The second-order valence-corrected chi connectivity index (χ2v) is 5.80. The van der Waals surface area contributed by atoms with Crippen LogP contribution in [0.3, 0.4) is 0 Å². The lowest BCUT2D eigenvalue weighted by molar-refractivity contribution is 0.321. The normalized spacial score (nSPS) is 10.6. The predicted molar refractivity (Wildman–Crippen MR) is 86.4 cm³/mol. The fourth-order valence-electron chi connectivity index (χ4n) is 2.05. The van der Waals surface area contributed by atoms with E-state index in [0.717, 1.165) is 35.9 Å². The highest BCUT2D eigenvalue weighted by Gasteiger charge is 2.09. The van der Waals surface area contributed by atoms with E-state index in [9.17, 15) is 0 Å². The molecule has 1 aromatic heterocycles. The Morgan fingerprint density at radius 3 is 2.52 bits per heavy atom. The molecule has 0 aliphatic rings. The number of nitrogens with one attached hydrogen (secondary N) is 1. The summed E-state index contributed by atoms with van der Waals surface area (Å²) in [5.74, 6) is 1.70. The summed E-state index contributed by atoms with van der Waals surface area (Å²) in [4.78, 5) is 6.02. The van der Waals surface area contributed by atoms with Gasteiger partial charge in [-0.25, -0.2) is 4.98 Å². The first-order valence-electron chi connectivity index (χ1n) is 7.15. The molecule has 114 valence electrons. The van der Waals surface area contributed by atoms with Crippen molar-refractivity contribution in [3.8, 4) is 11.5 Å². The number of hydrogen-bond donors (Lipinski definition) is 1. The van der Waals surface area contributed by atoms with Crippen LogP contribution in [0.1, 0.15) is 22.5 Å². The average molecular weight is 306 g/mol. The van der Waals surface area contributed by atoms with Crippen LogP contribution in [0.15, 0.2) is 24.3 Å². The van der Waals surface area contributed by atoms with E-state index < -0.39 is 0 Å². The second-order valence-electron chi connectivity index (χ2n) is 4.64. The summed E-state index contributed by atoms with van der Waals surface area (Å²) < 4.78 is 10.9. The molecule has 0 bridgehead atoms. The van der Waals surface area contributed by atoms with Crippen LogP contribution in [0.2, 0.25) is 0 Å². The zero-order valence-electron chi connectivity index (χ0n) is 12.8. The Bertz CT molecular complexity index is 552. The van der Waals surface area contributed by atoms with Gasteiger partial charge >= 0.3 is 0 Å². The summed E-state index contributed by atoms with van der Waals surface area (Å²) in [6.07, 6.45) is 1.82. The third-order valence-corrected chi connectivity index (χ3v) is 4.30. The number of rotatable bonds is 8. The van der Waals surface area contributed by atoms with E-state index in [4.69, 9.17) is 9.47 Å². The van der Waals surface area contributed by atoms with E-state index in [1.807, 2.05) is 31.3 Å². The molecule has 1 aromatic carbocycles. The van der Waals surface area contributed by atoms with Crippen LogP contribution in [-0.2, 0) is 19.4 Å². The minimum absolute atomic E-state index is 0.641. The van der Waals surface area contributed by atoms with Gasteiger partial charge in [0.1, 0.15) is 11.5 Å². The molecule has 5 heteroatoms. The van der Waals surface area contributed by atoms with Gasteiger partial charge in [0.05, 0.1) is 24.4 Å². The Balaban J connectivity index is 1.87. The fourth-order valence-corrected chi connectivity index (χ4v) is 3.20. The standard InChI is InChI=1S/C16H22N2O2S/c1-4-14-15(11-17-2)21-16(18-14)9-10-20-13-7-5-12(19-3)6-8-13/h5-8,17H,4,9-11H2,1-3H3. The van der Waals surface area contributed by atoms with Crippen LogP contribution in [0.5, 0.6) is 11.5 Å². The summed E-state index contributed by atoms with van der Waals surface area (Å²) in [6.45, 7) is 3.67. The number of nitrogens with zero attached hydrogens (tertiary/aromatic N) is 1. The van der Waals surface area contributed by atoms with Crippen LogP contribution in [0.25, 0.3) is 0 Å². The fraction of sp³-hybridized carbons (Fsp3) is 0.438. The lowest BCUT2D eigenvalue weighted by atomic mass is 10.3. The molecule has 0 aliphatic heterocycles. The minimum Gasteiger partial charge on any atom is -0.497 e. The van der Waals surface area contributed by atoms with Crippen molar-refractivity contribution in [3.63, 3.8) is 0 Å². The lowest BCUT2D eigenvalue weighted by Gasteiger charge is -2.05. The van der Waals surface area contributed by atoms with Gasteiger partial charge in [0, 0.05) is 17.8 Å². The van der Waals surface area contributed by atoms with E-state index >= 15 is 0 Å². The Labute approximate surface area is 130 Å². The highest BCUT2D eigenvalue weighted by Crippen LogP contribution is 2.21. The molecule has 1 N–H and O–H groups in total. The number of ether oxygens (including phenoxy) is 2. The van der Waals surface area contributed by atoms with Crippen molar-refractivity contribution >= 4 is 11.3 Å². The lowest BCUT2D eigenvalue weighted by Crippen LogP contribution is -2.05. The maximum atomic E-state index is 5.75. The third kappa shape index (κ3) is 4.44. The highest BCUT2D eigenvalue weighted by atomic mass is 32.1. The number of methoxy groups -OCH3 is 1. The van der Waals surface area contributed by atoms with Crippen molar-refractivity contribution in [1.29, 1.82) is 0 Å². The van der Waals surface area contributed by atoms with Crippen LogP contribution < -0.4 is 14.8 Å². The van der Waals surface area contributed by atoms with Crippen LogP contribution in [-0.4, -0.2) is 25.7 Å². The van der Waals surface area contributed by atoms with Crippen molar-refractivity contribution in [2.75, 3.05) is 20.8 Å². The molecule has 2 aromatic rings. The first-order valence-corrected chi connectivity index (χ1v) is 7.97. The molecule has 0 fully saturated rings. The van der Waals surface area contributed by atoms with Gasteiger partial charge in [-0.15, -0.1) is 11.3 Å². The smallest absolute Gasteiger partial charge is 0.119 e. The van der Waals surface area contributed by atoms with Crippen molar-refractivity contribution < 1.29 is 9.47 Å². The largest absolute Gasteiger partial charge is 0.497 e. The van der Waals surface area contributed by atoms with E-state index in [0.29, 0.717) is 6.61 Å². The number of hydrogen-bond acceptors (Lipinski definition) is 5. The topological polar surface area (TPSA) is 43.4 Å². The molecule has 0 amide bonds. The van der Waals surface area contributed by atoms with Crippen molar-refractivity contribution in [1.82, 2.24) is 10.3 Å². The zero-order chi connectivity index (χ0) is 15.1. The maximum Gasteiger partial charge on any atom is 0.119 e. The molecule has 0 radical (unpaired) electrons. The van der Waals surface area contributed by atoms with Crippen LogP contribution in [0.4, 0.5) is 0 Å². The van der Waals surface area contributed by atoms with Gasteiger partial charge in [0.2, 0.25) is 0 Å². The Kier molecular flexibility index (Phi) is 6.02. The average Bonchev–Trinajstić information content (AvgIpc) is 2.90. The summed E-state index contributed by atoms with van der Waals surface area (Å²) in [7, 11) is 3.62. The van der Waals surface area contributed by atoms with Gasteiger partial charge in [-0.05, 0) is 37.7 Å². The number of benzene rings is 1. The van der Waals surface area contributed by atoms with Gasteiger partial charge in [-0.1, -0.05) is 6.92 Å². The molecule has 0 aliphatic carbocycles. The first-order chi connectivity index (χ1) is 10.3. The Hall–Kier alpha value is -1.59. The SMILES string of the molecule is CCc1nc(CCOc2ccc(OC)cc2)sc1CNC.